The van der Waals surface area contributed by atoms with E-state index in [9.17, 15) is 26.7 Å². The Bertz CT molecular complexity index is 1990. The lowest BCUT2D eigenvalue weighted by molar-refractivity contribution is -0.136. The van der Waals surface area contributed by atoms with Crippen molar-refractivity contribution in [2.24, 2.45) is 12.5 Å². The number of benzene rings is 2. The molecule has 1 amide bonds. The Morgan fingerprint density at radius 1 is 1.12 bits per heavy atom. The summed E-state index contributed by atoms with van der Waals surface area (Å²) in [6.07, 6.45) is -4.01. The number of fused-ring (bicyclic) bond motifs is 4. The molecule has 1 saturated carbocycles. The van der Waals surface area contributed by atoms with Crippen LogP contribution in [-0.2, 0) is 13.2 Å². The summed E-state index contributed by atoms with van der Waals surface area (Å²) in [5.74, 6) is -6.82. The average Bonchev–Trinajstić information content (AvgIpc) is 3.19. The molecule has 3 atom stereocenters. The molecule has 2 bridgehead atoms. The van der Waals surface area contributed by atoms with Crippen molar-refractivity contribution in [3.05, 3.63) is 40.6 Å². The second kappa shape index (κ2) is 11.6. The van der Waals surface area contributed by atoms with Gasteiger partial charge in [-0.25, -0.2) is 22.4 Å². The van der Waals surface area contributed by atoms with E-state index in [0.29, 0.717) is 32.0 Å². The van der Waals surface area contributed by atoms with Gasteiger partial charge in [0.2, 0.25) is 5.88 Å². The lowest BCUT2D eigenvalue weighted by Gasteiger charge is -2.34. The molecule has 3 aliphatic rings. The van der Waals surface area contributed by atoms with Gasteiger partial charge in [-0.2, -0.15) is 28.2 Å². The van der Waals surface area contributed by atoms with Crippen molar-refractivity contribution in [1.82, 2.24) is 34.9 Å². The second-order valence-electron chi connectivity index (χ2n) is 13.1. The molecule has 2 aromatic carbocycles. The fourth-order valence-electron chi connectivity index (χ4n) is 7.13. The highest BCUT2D eigenvalue weighted by atomic mass is 35.5. The zero-order valence-electron chi connectivity index (χ0n) is 26.3. The number of rotatable bonds is 7. The van der Waals surface area contributed by atoms with Crippen LogP contribution in [0.5, 0.6) is 11.9 Å². The molecule has 2 unspecified atom stereocenters. The van der Waals surface area contributed by atoms with Gasteiger partial charge < -0.3 is 19.7 Å². The van der Waals surface area contributed by atoms with Crippen LogP contribution in [-0.4, -0.2) is 94.0 Å². The van der Waals surface area contributed by atoms with Crippen LogP contribution in [0.4, 0.5) is 35.5 Å². The van der Waals surface area contributed by atoms with Gasteiger partial charge >= 0.3 is 18.3 Å². The maximum Gasteiger partial charge on any atom is 0.418 e. The van der Waals surface area contributed by atoms with E-state index in [1.165, 1.54) is 23.0 Å². The number of aryl methyl sites for hydroxylation is 1. The number of nitrogens with one attached hydrogen (secondary N) is 1. The lowest BCUT2D eigenvalue weighted by Crippen LogP contribution is -2.55. The summed E-state index contributed by atoms with van der Waals surface area (Å²) >= 11 is 6.06. The van der Waals surface area contributed by atoms with Crippen LogP contribution in [0.25, 0.3) is 32.9 Å². The Balaban J connectivity index is 1.40. The van der Waals surface area contributed by atoms with Crippen LogP contribution in [0.3, 0.4) is 0 Å². The molecule has 0 spiro atoms. The van der Waals surface area contributed by atoms with Crippen molar-refractivity contribution in [2.75, 3.05) is 40.3 Å². The summed E-state index contributed by atoms with van der Waals surface area (Å²) in [4.78, 5) is 24.5. The number of aromatic nitrogens is 4. The molecule has 3 fully saturated rings. The van der Waals surface area contributed by atoms with Crippen molar-refractivity contribution in [2.45, 2.75) is 43.4 Å². The fraction of sp³-hybridized carbons (Fsp3) is 0.484. The van der Waals surface area contributed by atoms with Crippen LogP contribution >= 0.6 is 11.6 Å². The number of piperazine rings is 1. The number of hydrogen-bond donors (Lipinski definition) is 1. The van der Waals surface area contributed by atoms with Crippen LogP contribution < -0.4 is 14.8 Å². The number of alkyl halides is 5. The third-order valence-corrected chi connectivity index (χ3v) is 9.72. The molecule has 262 valence electrons. The molecule has 7 rings (SSSR count). The minimum absolute atomic E-state index is 0.0675. The zero-order chi connectivity index (χ0) is 35.2. The molecule has 2 aliphatic heterocycles. The molecule has 49 heavy (non-hydrogen) atoms. The molecule has 0 radical (unpaired) electrons. The van der Waals surface area contributed by atoms with Crippen molar-refractivity contribution >= 4 is 39.5 Å². The van der Waals surface area contributed by atoms with E-state index in [0.717, 1.165) is 10.7 Å². The van der Waals surface area contributed by atoms with Crippen molar-refractivity contribution in [3.8, 4) is 23.0 Å². The molecule has 1 N–H and O–H groups in total. The molecule has 2 aromatic heterocycles. The predicted octanol–water partition coefficient (Wildman–Crippen LogP) is 6.03. The highest BCUT2D eigenvalue weighted by molar-refractivity contribution is 6.33. The number of nitrogens with zero attached hydrogens (tertiary/aromatic N) is 6. The van der Waals surface area contributed by atoms with Gasteiger partial charge in [-0.05, 0) is 39.1 Å². The monoisotopic (exact) mass is 715 g/mol. The standard InChI is InChI=1S/C31H29ClF7N7O3/c1-44(2)12-29(11-30(29,35)36)13-48-27-42-24-17(26(43-27)49-28(47)46-15-4-5-16(46)10-40-9-15)7-19(33)20(23(24)34)21-22(31(37,38)39)18(32)6-14-8-41-45(3)25(14)21/h6-8,15-16,40H,4-5,9-13H2,1-3H3/t15?,16?,29-/m1/s1. The van der Waals surface area contributed by atoms with E-state index in [1.807, 2.05) is 0 Å². The van der Waals surface area contributed by atoms with E-state index >= 15 is 8.78 Å². The van der Waals surface area contributed by atoms with Gasteiger partial charge in [-0.15, -0.1) is 0 Å². The Kier molecular flexibility index (Phi) is 7.90. The third kappa shape index (κ3) is 5.59. The van der Waals surface area contributed by atoms with Gasteiger partial charge in [0, 0.05) is 56.1 Å². The number of carbonyl (C=O) groups is 1. The summed E-state index contributed by atoms with van der Waals surface area (Å²) in [5.41, 5.74) is -6.29. The Hall–Kier alpha value is -3.96. The minimum Gasteiger partial charge on any atom is -0.462 e. The van der Waals surface area contributed by atoms with E-state index in [1.54, 1.807) is 14.1 Å². The normalized spacial score (nSPS) is 23.1. The highest BCUT2D eigenvalue weighted by Crippen LogP contribution is 2.60. The SMILES string of the molecule is CN(C)C[C@@]1(COc2nc(OC(=O)N3C4CCC3CNC4)c3cc(F)c(-c4c(C(F)(F)F)c(Cl)cc5cnn(C)c45)c(F)c3n2)CC1(F)F. The Labute approximate surface area is 279 Å². The lowest BCUT2D eigenvalue weighted by atomic mass is 9.94. The van der Waals surface area contributed by atoms with Crippen molar-refractivity contribution in [1.29, 1.82) is 0 Å². The van der Waals surface area contributed by atoms with Gasteiger partial charge in [0.1, 0.15) is 17.9 Å². The topological polar surface area (TPSA) is 97.6 Å². The summed E-state index contributed by atoms with van der Waals surface area (Å²) < 4.78 is 118. The van der Waals surface area contributed by atoms with E-state index in [2.05, 4.69) is 20.4 Å². The van der Waals surface area contributed by atoms with Crippen LogP contribution in [0.15, 0.2) is 18.3 Å². The number of amides is 1. The molecule has 2 saturated heterocycles. The Morgan fingerprint density at radius 3 is 2.41 bits per heavy atom. The largest absolute Gasteiger partial charge is 0.462 e. The van der Waals surface area contributed by atoms with Gasteiger partial charge in [0.05, 0.1) is 38.7 Å². The van der Waals surface area contributed by atoms with Crippen LogP contribution in [0.1, 0.15) is 24.8 Å². The third-order valence-electron chi connectivity index (χ3n) is 9.42. The molecule has 4 heterocycles. The average molecular weight is 716 g/mol. The van der Waals surface area contributed by atoms with Gasteiger partial charge in [0.25, 0.3) is 5.92 Å². The predicted molar refractivity (Wildman–Crippen MR) is 163 cm³/mol. The second-order valence-corrected chi connectivity index (χ2v) is 13.5. The summed E-state index contributed by atoms with van der Waals surface area (Å²) in [7, 11) is 4.49. The number of carbonyl (C=O) groups excluding carboxylic acids is 1. The van der Waals surface area contributed by atoms with Crippen LogP contribution in [0.2, 0.25) is 5.02 Å². The maximum atomic E-state index is 16.7. The van der Waals surface area contributed by atoms with E-state index in [4.69, 9.17) is 21.1 Å². The maximum absolute atomic E-state index is 16.7. The molecule has 10 nitrogen and oxygen atoms in total. The smallest absolute Gasteiger partial charge is 0.418 e. The minimum atomic E-state index is -5.17. The number of halogens is 8. The van der Waals surface area contributed by atoms with E-state index < -0.39 is 92.8 Å². The molecular weight excluding hydrogens is 687 g/mol. The van der Waals surface area contributed by atoms with Gasteiger partial charge in [-0.3, -0.25) is 9.58 Å². The molecule has 18 heteroatoms. The number of hydrogen-bond acceptors (Lipinski definition) is 8. The first-order valence-electron chi connectivity index (χ1n) is 15.3. The zero-order valence-corrected chi connectivity index (χ0v) is 27.0. The summed E-state index contributed by atoms with van der Waals surface area (Å²) in [5, 5.41) is 5.89. The quantitative estimate of drug-likeness (QED) is 0.232. The molecular formula is C31H29ClF7N7O3. The highest BCUT2D eigenvalue weighted by Gasteiger charge is 2.71. The van der Waals surface area contributed by atoms with E-state index in [-0.39, 0.29) is 29.5 Å². The van der Waals surface area contributed by atoms with Crippen molar-refractivity contribution < 1.29 is 45.0 Å². The molecule has 1 aliphatic carbocycles. The Morgan fingerprint density at radius 2 is 1.80 bits per heavy atom. The first-order chi connectivity index (χ1) is 23.0. The summed E-state index contributed by atoms with van der Waals surface area (Å²) in [6.45, 7) is 0.267. The summed E-state index contributed by atoms with van der Waals surface area (Å²) in [6, 6.07) is 0.493. The molecule has 4 aromatic rings. The first kappa shape index (κ1) is 33.5. The van der Waals surface area contributed by atoms with Crippen LogP contribution in [0, 0.1) is 17.0 Å². The van der Waals surface area contributed by atoms with Gasteiger partial charge in [0.15, 0.2) is 5.82 Å². The number of ether oxygens (including phenoxy) is 2. The van der Waals surface area contributed by atoms with Crippen molar-refractivity contribution in [3.63, 3.8) is 0 Å². The first-order valence-corrected chi connectivity index (χ1v) is 15.7. The fourth-order valence-corrected chi connectivity index (χ4v) is 7.45. The van der Waals surface area contributed by atoms with Gasteiger partial charge in [-0.1, -0.05) is 11.6 Å².